The largest absolute Gasteiger partial charge is 0.501 e. The second-order valence-corrected chi connectivity index (χ2v) is 2.57. The zero-order chi connectivity index (χ0) is 6.81. The normalized spacial score (nSPS) is 26.8. The van der Waals surface area contributed by atoms with Crippen LogP contribution >= 0.6 is 0 Å². The number of hydrogen-bond acceptors (Lipinski definition) is 2. The Bertz CT molecular complexity index is 185. The van der Waals surface area contributed by atoms with E-state index in [4.69, 9.17) is 9.47 Å². The van der Waals surface area contributed by atoms with Crippen LogP contribution in [0.1, 0.15) is 12.8 Å². The van der Waals surface area contributed by atoms with E-state index in [2.05, 4.69) is 6.08 Å². The van der Waals surface area contributed by atoms with Crippen LogP contribution in [-0.2, 0) is 9.47 Å². The zero-order valence-corrected chi connectivity index (χ0v) is 5.80. The first-order valence-electron chi connectivity index (χ1n) is 3.59. The fraction of sp³-hybridized carbons (Fsp3) is 0.500. The van der Waals surface area contributed by atoms with E-state index in [9.17, 15) is 0 Å². The maximum absolute atomic E-state index is 5.15. The fourth-order valence-corrected chi connectivity index (χ4v) is 1.02. The summed E-state index contributed by atoms with van der Waals surface area (Å²) in [6, 6.07) is 0. The van der Waals surface area contributed by atoms with Crippen LogP contribution in [0.5, 0.6) is 0 Å². The van der Waals surface area contributed by atoms with E-state index < -0.39 is 0 Å². The highest BCUT2D eigenvalue weighted by Crippen LogP contribution is 2.21. The zero-order valence-electron chi connectivity index (χ0n) is 5.80. The van der Waals surface area contributed by atoms with Crippen LogP contribution in [0.3, 0.4) is 0 Å². The van der Waals surface area contributed by atoms with E-state index in [0.29, 0.717) is 0 Å². The summed E-state index contributed by atoms with van der Waals surface area (Å²) in [6.45, 7) is 1.69. The van der Waals surface area contributed by atoms with Gasteiger partial charge >= 0.3 is 0 Å². The Labute approximate surface area is 60.1 Å². The van der Waals surface area contributed by atoms with Crippen LogP contribution in [-0.4, -0.2) is 13.2 Å². The average molecular weight is 138 g/mol. The molecule has 2 aliphatic heterocycles. The molecule has 0 saturated carbocycles. The monoisotopic (exact) mass is 138 g/mol. The molecule has 0 unspecified atom stereocenters. The highest BCUT2D eigenvalue weighted by Gasteiger charge is 2.13. The topological polar surface area (TPSA) is 21.8 Å². The average Bonchev–Trinajstić information content (AvgIpc) is 2.74. The molecule has 2 aliphatic rings. The Kier molecular flexibility index (Phi) is 1.38. The molecule has 0 radical (unpaired) electrons. The molecule has 2 rings (SSSR count). The molecule has 1 fully saturated rings. The predicted octanol–water partition coefficient (Wildman–Crippen LogP) is 1.59. The van der Waals surface area contributed by atoms with Gasteiger partial charge in [0.05, 0.1) is 12.9 Å². The molecule has 2 heteroatoms. The Morgan fingerprint density at radius 3 is 3.00 bits per heavy atom. The van der Waals surface area contributed by atoms with Crippen molar-refractivity contribution in [2.45, 2.75) is 12.8 Å². The van der Waals surface area contributed by atoms with Gasteiger partial charge in [0, 0.05) is 0 Å². The quantitative estimate of drug-likeness (QED) is 0.513. The van der Waals surface area contributed by atoms with Crippen LogP contribution in [0.4, 0.5) is 0 Å². The summed E-state index contributed by atoms with van der Waals surface area (Å²) in [4.78, 5) is 0. The first-order chi connectivity index (χ1) is 4.95. The van der Waals surface area contributed by atoms with Gasteiger partial charge in [-0.15, -0.1) is 0 Å². The molecule has 0 N–H and O–H groups in total. The first kappa shape index (κ1) is 5.83. The molecule has 54 valence electrons. The fourth-order valence-electron chi connectivity index (χ4n) is 1.02. The Morgan fingerprint density at radius 2 is 2.40 bits per heavy atom. The van der Waals surface area contributed by atoms with Gasteiger partial charge in [-0.05, 0) is 24.5 Å². The van der Waals surface area contributed by atoms with Crippen LogP contribution in [0.15, 0.2) is 23.7 Å². The lowest BCUT2D eigenvalue weighted by molar-refractivity contribution is 0.227. The van der Waals surface area contributed by atoms with E-state index in [-0.39, 0.29) is 0 Å². The minimum absolute atomic E-state index is 0.817. The van der Waals surface area contributed by atoms with E-state index in [0.717, 1.165) is 31.8 Å². The van der Waals surface area contributed by atoms with Crippen molar-refractivity contribution in [3.05, 3.63) is 23.7 Å². The summed E-state index contributed by atoms with van der Waals surface area (Å²) < 4.78 is 10.1. The highest BCUT2D eigenvalue weighted by molar-refractivity contribution is 5.24. The molecule has 2 heterocycles. The second kappa shape index (κ2) is 2.37. The molecule has 0 atom stereocenters. The lowest BCUT2D eigenvalue weighted by atomic mass is 10.1. The van der Waals surface area contributed by atoms with Crippen LogP contribution in [0.2, 0.25) is 0 Å². The van der Waals surface area contributed by atoms with Crippen molar-refractivity contribution in [3.8, 4) is 0 Å². The molecule has 0 aliphatic carbocycles. The van der Waals surface area contributed by atoms with E-state index >= 15 is 0 Å². The third-order valence-electron chi connectivity index (χ3n) is 1.62. The van der Waals surface area contributed by atoms with Gasteiger partial charge in [-0.1, -0.05) is 0 Å². The van der Waals surface area contributed by atoms with Gasteiger partial charge in [0.2, 0.25) is 0 Å². The molecule has 0 aromatic carbocycles. The Morgan fingerprint density at radius 1 is 1.50 bits per heavy atom. The number of ether oxygens (including phenoxy) is 2. The van der Waals surface area contributed by atoms with Crippen molar-refractivity contribution in [2.24, 2.45) is 0 Å². The van der Waals surface area contributed by atoms with Gasteiger partial charge in [-0.25, -0.2) is 0 Å². The lowest BCUT2D eigenvalue weighted by Crippen LogP contribution is -1.96. The minimum Gasteiger partial charge on any atom is -0.501 e. The van der Waals surface area contributed by atoms with Crippen LogP contribution in [0.25, 0.3) is 0 Å². The molecule has 0 bridgehead atoms. The predicted molar refractivity (Wildman–Crippen MR) is 37.3 cm³/mol. The van der Waals surface area contributed by atoms with Gasteiger partial charge in [0.25, 0.3) is 0 Å². The van der Waals surface area contributed by atoms with Crippen LogP contribution < -0.4 is 0 Å². The second-order valence-electron chi connectivity index (χ2n) is 2.57. The van der Waals surface area contributed by atoms with Gasteiger partial charge in [-0.2, -0.15) is 0 Å². The molecule has 2 nitrogen and oxygen atoms in total. The third-order valence-corrected chi connectivity index (χ3v) is 1.62. The van der Waals surface area contributed by atoms with Gasteiger partial charge < -0.3 is 9.47 Å². The molecule has 0 amide bonds. The van der Waals surface area contributed by atoms with Gasteiger partial charge in [-0.3, -0.25) is 0 Å². The van der Waals surface area contributed by atoms with Crippen molar-refractivity contribution in [3.63, 3.8) is 0 Å². The first-order valence-corrected chi connectivity index (χ1v) is 3.59. The summed E-state index contributed by atoms with van der Waals surface area (Å²) >= 11 is 0. The van der Waals surface area contributed by atoms with Crippen molar-refractivity contribution < 1.29 is 9.47 Å². The minimum atomic E-state index is 0.817. The van der Waals surface area contributed by atoms with Crippen molar-refractivity contribution in [1.82, 2.24) is 0 Å². The summed E-state index contributed by atoms with van der Waals surface area (Å²) in [6.07, 6.45) is 6.17. The van der Waals surface area contributed by atoms with Crippen molar-refractivity contribution in [2.75, 3.05) is 13.2 Å². The van der Waals surface area contributed by atoms with Crippen molar-refractivity contribution in [1.29, 1.82) is 0 Å². The standard InChI is InChI=1S/C8H10O2/c1-2-7(5-9-3-1)4-8-6-10-8/h4-5H,1-3,6H2. The molecular formula is C8H10O2. The smallest absolute Gasteiger partial charge is 0.145 e. The number of allylic oxidation sites excluding steroid dienone is 2. The molecule has 1 saturated heterocycles. The summed E-state index contributed by atoms with van der Waals surface area (Å²) in [7, 11) is 0. The van der Waals surface area contributed by atoms with Gasteiger partial charge in [0.15, 0.2) is 0 Å². The SMILES string of the molecule is C1=C(C=C2CO2)CCCO1. The third kappa shape index (κ3) is 1.32. The summed E-state index contributed by atoms with van der Waals surface area (Å²) in [5.41, 5.74) is 1.26. The van der Waals surface area contributed by atoms with Crippen LogP contribution in [0, 0.1) is 0 Å². The molecule has 0 aromatic heterocycles. The van der Waals surface area contributed by atoms with Crippen molar-refractivity contribution >= 4 is 0 Å². The number of hydrogen-bond donors (Lipinski definition) is 0. The Balaban J connectivity index is 2.01. The molecule has 10 heavy (non-hydrogen) atoms. The Hall–Kier alpha value is -0.920. The maximum Gasteiger partial charge on any atom is 0.145 e. The van der Waals surface area contributed by atoms with E-state index in [1.54, 1.807) is 0 Å². The summed E-state index contributed by atoms with van der Waals surface area (Å²) in [5.74, 6) is 1.09. The number of epoxide rings is 1. The molecular weight excluding hydrogens is 128 g/mol. The number of rotatable bonds is 1. The van der Waals surface area contributed by atoms with E-state index in [1.165, 1.54) is 5.57 Å². The van der Waals surface area contributed by atoms with Gasteiger partial charge in [0.1, 0.15) is 12.4 Å². The van der Waals surface area contributed by atoms with E-state index in [1.807, 2.05) is 6.26 Å². The summed E-state index contributed by atoms with van der Waals surface area (Å²) in [5, 5.41) is 0. The lowest BCUT2D eigenvalue weighted by Gasteiger charge is -2.08. The highest BCUT2D eigenvalue weighted by atomic mass is 16.6. The molecule has 0 spiro atoms. The maximum atomic E-state index is 5.15. The molecule has 0 aromatic rings.